The zero-order valence-electron chi connectivity index (χ0n) is 9.42. The van der Waals surface area contributed by atoms with Gasteiger partial charge in [-0.3, -0.25) is 0 Å². The first-order chi connectivity index (χ1) is 8.39. The molecule has 0 heterocycles. The monoisotopic (exact) mass is 331 g/mol. The number of hydrogen-bond donors (Lipinski definition) is 1. The lowest BCUT2D eigenvalue weighted by molar-refractivity contribution is 0.178. The van der Waals surface area contributed by atoms with Crippen molar-refractivity contribution in [2.45, 2.75) is 4.90 Å². The fraction of sp³-hybridized carbons (Fsp3) is 0.182. The minimum Gasteiger partial charge on any atom is -0.464 e. The predicted octanol–water partition coefficient (Wildman–Crippen LogP) is 1.73. The summed E-state index contributed by atoms with van der Waals surface area (Å²) in [6, 6.07) is 5.70. The maximum absolute atomic E-state index is 11.8. The molecule has 18 heavy (non-hydrogen) atoms. The Bertz CT molecular complexity index is 598. The summed E-state index contributed by atoms with van der Waals surface area (Å²) in [4.78, 5) is 10.6. The molecule has 0 aliphatic carbocycles. The van der Waals surface area contributed by atoms with E-state index in [-0.39, 0.29) is 9.20 Å². The Labute approximate surface area is 114 Å². The van der Waals surface area contributed by atoms with Crippen LogP contribution in [0, 0.1) is 11.8 Å². The minimum atomic E-state index is -4.00. The third kappa shape index (κ3) is 3.24. The van der Waals surface area contributed by atoms with Gasteiger partial charge in [-0.25, -0.2) is 17.5 Å². The van der Waals surface area contributed by atoms with Crippen molar-refractivity contribution in [2.24, 2.45) is 0 Å². The van der Waals surface area contributed by atoms with Gasteiger partial charge in [0, 0.05) is 12.6 Å². The van der Waals surface area contributed by atoms with Gasteiger partial charge in [0.1, 0.15) is 0 Å². The Morgan fingerprint density at radius 1 is 1.39 bits per heavy atom. The maximum atomic E-state index is 11.8. The van der Waals surface area contributed by atoms with Crippen molar-refractivity contribution in [3.63, 3.8) is 0 Å². The fourth-order valence-electron chi connectivity index (χ4n) is 1.11. The number of amides is 1. The molecule has 5 nitrogen and oxygen atoms in total. The van der Waals surface area contributed by atoms with E-state index in [9.17, 15) is 13.2 Å². The molecule has 96 valence electrons. The lowest BCUT2D eigenvalue weighted by Gasteiger charge is -2.13. The minimum absolute atomic E-state index is 0.0863. The molecular formula is C11H10BrNO4S. The van der Waals surface area contributed by atoms with Crippen molar-refractivity contribution in [1.29, 1.82) is 0 Å². The predicted molar refractivity (Wildman–Crippen MR) is 70.1 cm³/mol. The number of halogens is 1. The first-order valence-electron chi connectivity index (χ1n) is 4.76. The quantitative estimate of drug-likeness (QED) is 0.661. The van der Waals surface area contributed by atoms with E-state index in [0.717, 1.165) is 7.05 Å². The number of benzene rings is 1. The first kappa shape index (κ1) is 14.5. The molecule has 0 bridgehead atoms. The van der Waals surface area contributed by atoms with Crippen LogP contribution < -0.4 is 0 Å². The Balaban J connectivity index is 3.09. The van der Waals surface area contributed by atoms with Crippen LogP contribution in [0.4, 0.5) is 4.79 Å². The highest BCUT2D eigenvalue weighted by Gasteiger charge is 2.24. The highest BCUT2D eigenvalue weighted by molar-refractivity contribution is 9.09. The number of carbonyl (C=O) groups is 1. The molecule has 0 saturated heterocycles. The number of nitrogens with zero attached hydrogens (tertiary/aromatic N) is 1. The van der Waals surface area contributed by atoms with Crippen LogP contribution in [0.1, 0.15) is 5.56 Å². The van der Waals surface area contributed by atoms with Gasteiger partial charge in [0.2, 0.25) is 0 Å². The van der Waals surface area contributed by atoms with E-state index in [4.69, 9.17) is 5.11 Å². The molecule has 1 rings (SSSR count). The van der Waals surface area contributed by atoms with Gasteiger partial charge < -0.3 is 5.11 Å². The van der Waals surface area contributed by atoms with E-state index in [0.29, 0.717) is 10.9 Å². The number of carboxylic acid groups (broad SMARTS) is 1. The topological polar surface area (TPSA) is 74.7 Å². The molecule has 0 aromatic heterocycles. The van der Waals surface area contributed by atoms with Crippen LogP contribution in [0.2, 0.25) is 0 Å². The zero-order chi connectivity index (χ0) is 13.8. The van der Waals surface area contributed by atoms with Crippen molar-refractivity contribution in [1.82, 2.24) is 4.31 Å². The summed E-state index contributed by atoms with van der Waals surface area (Å²) in [7, 11) is -3.02. The lowest BCUT2D eigenvalue weighted by atomic mass is 10.2. The van der Waals surface area contributed by atoms with Crippen LogP contribution in [0.25, 0.3) is 0 Å². The van der Waals surface area contributed by atoms with Gasteiger partial charge in [-0.15, -0.1) is 0 Å². The fourth-order valence-corrected chi connectivity index (χ4v) is 2.25. The number of alkyl halides is 1. The molecule has 1 aromatic rings. The molecule has 0 saturated carbocycles. The van der Waals surface area contributed by atoms with Crippen LogP contribution in [-0.2, 0) is 10.0 Å². The summed E-state index contributed by atoms with van der Waals surface area (Å²) in [5.74, 6) is 5.58. The third-order valence-corrected chi connectivity index (χ3v) is 4.11. The van der Waals surface area contributed by atoms with Gasteiger partial charge >= 0.3 is 6.09 Å². The largest absolute Gasteiger partial charge is 0.464 e. The molecule has 1 amide bonds. The average molecular weight is 332 g/mol. The van der Waals surface area contributed by atoms with Gasteiger partial charge in [0.05, 0.1) is 10.2 Å². The standard InChI is InChI=1S/C11H10BrNO4S/c1-13(11(14)15)18(16,17)10-6-4-9(5-7-10)3-2-8-12/h4-7H,8H2,1H3,(H,14,15). The number of rotatable bonds is 2. The summed E-state index contributed by atoms with van der Waals surface area (Å²) in [5.41, 5.74) is 0.659. The highest BCUT2D eigenvalue weighted by atomic mass is 79.9. The van der Waals surface area contributed by atoms with Crippen LogP contribution in [0.5, 0.6) is 0 Å². The van der Waals surface area contributed by atoms with Gasteiger partial charge in [-0.2, -0.15) is 0 Å². The Morgan fingerprint density at radius 2 is 1.94 bits per heavy atom. The van der Waals surface area contributed by atoms with E-state index < -0.39 is 16.1 Å². The Hall–Kier alpha value is -1.52. The van der Waals surface area contributed by atoms with Gasteiger partial charge in [0.25, 0.3) is 10.0 Å². The van der Waals surface area contributed by atoms with Crippen LogP contribution >= 0.6 is 15.9 Å². The average Bonchev–Trinajstić information content (AvgIpc) is 2.35. The van der Waals surface area contributed by atoms with Gasteiger partial charge in [-0.05, 0) is 24.3 Å². The van der Waals surface area contributed by atoms with Crippen molar-refractivity contribution >= 4 is 32.0 Å². The second kappa shape index (κ2) is 5.89. The maximum Gasteiger partial charge on any atom is 0.421 e. The molecular weight excluding hydrogens is 322 g/mol. The number of hydrogen-bond acceptors (Lipinski definition) is 3. The van der Waals surface area contributed by atoms with Gasteiger partial charge in [-0.1, -0.05) is 27.8 Å². The lowest BCUT2D eigenvalue weighted by Crippen LogP contribution is -2.31. The molecule has 7 heteroatoms. The van der Waals surface area contributed by atoms with Crippen LogP contribution in [0.15, 0.2) is 29.2 Å². The van der Waals surface area contributed by atoms with Gasteiger partial charge in [0.15, 0.2) is 0 Å². The summed E-state index contributed by atoms with van der Waals surface area (Å²) < 4.78 is 23.9. The van der Waals surface area contributed by atoms with E-state index >= 15 is 0 Å². The molecule has 0 radical (unpaired) electrons. The Kier molecular flexibility index (Phi) is 4.76. The second-order valence-corrected chi connectivity index (χ2v) is 5.74. The van der Waals surface area contributed by atoms with Crippen molar-refractivity contribution in [2.75, 3.05) is 12.4 Å². The molecule has 1 aromatic carbocycles. The highest BCUT2D eigenvalue weighted by Crippen LogP contribution is 2.14. The third-order valence-electron chi connectivity index (χ3n) is 2.08. The van der Waals surface area contributed by atoms with Crippen molar-refractivity contribution in [3.8, 4) is 11.8 Å². The normalized spacial score (nSPS) is 10.3. The molecule has 0 fully saturated rings. The SMILES string of the molecule is CN(C(=O)O)S(=O)(=O)c1ccc(C#CCBr)cc1. The summed E-state index contributed by atoms with van der Waals surface area (Å²) in [5, 5.41) is 9.19. The number of sulfonamides is 1. The Morgan fingerprint density at radius 3 is 2.39 bits per heavy atom. The molecule has 0 aliphatic rings. The molecule has 1 N–H and O–H groups in total. The van der Waals surface area contributed by atoms with Crippen molar-refractivity contribution in [3.05, 3.63) is 29.8 Å². The molecule has 0 aliphatic heterocycles. The van der Waals surface area contributed by atoms with Crippen LogP contribution in [-0.4, -0.2) is 36.3 Å². The van der Waals surface area contributed by atoms with Crippen molar-refractivity contribution < 1.29 is 18.3 Å². The van der Waals surface area contributed by atoms with Crippen LogP contribution in [0.3, 0.4) is 0 Å². The summed E-state index contributed by atoms with van der Waals surface area (Å²) in [6.45, 7) is 0. The second-order valence-electron chi connectivity index (χ2n) is 3.21. The molecule has 0 unspecified atom stereocenters. The van der Waals surface area contributed by atoms with E-state index in [1.165, 1.54) is 24.3 Å². The smallest absolute Gasteiger partial charge is 0.421 e. The molecule has 0 atom stereocenters. The van der Waals surface area contributed by atoms with E-state index in [1.807, 2.05) is 0 Å². The summed E-state index contributed by atoms with van der Waals surface area (Å²) in [6.07, 6.45) is -1.53. The van der Waals surface area contributed by atoms with E-state index in [1.54, 1.807) is 0 Å². The van der Waals surface area contributed by atoms with E-state index in [2.05, 4.69) is 27.8 Å². The first-order valence-corrected chi connectivity index (χ1v) is 7.32. The summed E-state index contributed by atoms with van der Waals surface area (Å²) >= 11 is 3.15. The zero-order valence-corrected chi connectivity index (χ0v) is 11.8. The molecule has 0 spiro atoms.